The van der Waals surface area contributed by atoms with Crippen LogP contribution in [-0.4, -0.2) is 35.5 Å². The Kier molecular flexibility index (Phi) is 5.61. The fraction of sp³-hybridized carbons (Fsp3) is 0.391. The quantitative estimate of drug-likeness (QED) is 0.605. The van der Waals surface area contributed by atoms with E-state index >= 15 is 0 Å². The van der Waals surface area contributed by atoms with Crippen molar-refractivity contribution in [2.45, 2.75) is 38.5 Å². The highest BCUT2D eigenvalue weighted by Crippen LogP contribution is 2.36. The Morgan fingerprint density at radius 3 is 2.47 bits per heavy atom. The average molecular weight is 453 g/mol. The van der Waals surface area contributed by atoms with E-state index in [1.807, 2.05) is 20.8 Å². The van der Waals surface area contributed by atoms with Gasteiger partial charge in [-0.15, -0.1) is 0 Å². The van der Waals surface area contributed by atoms with Crippen LogP contribution in [0.5, 0.6) is 0 Å². The number of rotatable bonds is 5. The molecule has 0 atom stereocenters. The fourth-order valence-electron chi connectivity index (χ4n) is 4.21. The number of pyridine rings is 1. The molecule has 8 nitrogen and oxygen atoms in total. The van der Waals surface area contributed by atoms with Crippen LogP contribution in [0.2, 0.25) is 0 Å². The number of anilines is 2. The predicted octanol–water partition coefficient (Wildman–Crippen LogP) is 3.75. The molecule has 0 amide bonds. The van der Waals surface area contributed by atoms with Crippen LogP contribution in [0.4, 0.5) is 11.5 Å². The summed E-state index contributed by atoms with van der Waals surface area (Å²) in [6.07, 6.45) is 4.80. The van der Waals surface area contributed by atoms with Crippen molar-refractivity contribution in [2.75, 3.05) is 24.2 Å². The van der Waals surface area contributed by atoms with Crippen LogP contribution in [-0.2, 0) is 10.0 Å². The van der Waals surface area contributed by atoms with Gasteiger partial charge in [0.2, 0.25) is 0 Å². The van der Waals surface area contributed by atoms with Crippen LogP contribution in [0.25, 0.3) is 10.9 Å². The van der Waals surface area contributed by atoms with Gasteiger partial charge in [-0.05, 0) is 57.7 Å². The second kappa shape index (κ2) is 8.11. The minimum Gasteiger partial charge on any atom is -0.382 e. The third-order valence-electron chi connectivity index (χ3n) is 6.39. The van der Waals surface area contributed by atoms with Crippen molar-refractivity contribution in [2.24, 2.45) is 11.3 Å². The SMILES string of the molecule is Cc1ccc(S(=O)(=O)n2ccc3c(NN4CCC(C(C)(C)C#N)CC4)c(N)ncc32)cc1. The van der Waals surface area contributed by atoms with Crippen LogP contribution in [0.1, 0.15) is 32.3 Å². The summed E-state index contributed by atoms with van der Waals surface area (Å²) in [6.45, 7) is 7.40. The topological polar surface area (TPSA) is 117 Å². The molecule has 0 unspecified atom stereocenters. The van der Waals surface area contributed by atoms with E-state index in [1.165, 1.54) is 16.4 Å². The Morgan fingerprint density at radius 2 is 1.84 bits per heavy atom. The number of benzene rings is 1. The molecule has 2 aromatic heterocycles. The number of aromatic nitrogens is 2. The zero-order valence-electron chi connectivity index (χ0n) is 18.5. The normalized spacial score (nSPS) is 16.2. The first kappa shape index (κ1) is 22.1. The van der Waals surface area contributed by atoms with E-state index in [9.17, 15) is 13.7 Å². The molecule has 3 aromatic rings. The van der Waals surface area contributed by atoms with Crippen LogP contribution < -0.4 is 11.2 Å². The van der Waals surface area contributed by atoms with Crippen molar-refractivity contribution in [3.05, 3.63) is 48.3 Å². The standard InChI is InChI=1S/C23H28N6O2S/c1-16-4-6-18(7-5-16)32(30,31)29-13-10-19-20(29)14-26-22(25)21(19)27-28-11-8-17(9-12-28)23(2,3)15-24/h4-7,10,13-14,17,27H,8-9,11-12H2,1-3H3,(H2,25,26). The first-order valence-electron chi connectivity index (χ1n) is 10.6. The first-order valence-corrected chi connectivity index (χ1v) is 12.1. The van der Waals surface area contributed by atoms with Crippen molar-refractivity contribution in [3.8, 4) is 6.07 Å². The number of piperidine rings is 1. The molecule has 168 valence electrons. The van der Waals surface area contributed by atoms with E-state index in [-0.39, 0.29) is 10.3 Å². The molecule has 0 radical (unpaired) electrons. The second-order valence-electron chi connectivity index (χ2n) is 8.95. The number of nitrogens with one attached hydrogen (secondary N) is 1. The number of nitrogens with two attached hydrogens (primary N) is 1. The molecular weight excluding hydrogens is 424 g/mol. The summed E-state index contributed by atoms with van der Waals surface area (Å²) in [5, 5.41) is 12.2. The molecule has 3 heterocycles. The van der Waals surface area contributed by atoms with E-state index in [2.05, 4.69) is 21.5 Å². The van der Waals surface area contributed by atoms with Gasteiger partial charge in [-0.1, -0.05) is 17.7 Å². The molecule has 0 saturated carbocycles. The van der Waals surface area contributed by atoms with E-state index in [1.54, 1.807) is 30.3 Å². The number of aryl methyl sites for hydroxylation is 1. The maximum Gasteiger partial charge on any atom is 0.268 e. The number of nitrogen functional groups attached to an aromatic ring is 1. The zero-order valence-corrected chi connectivity index (χ0v) is 19.4. The highest BCUT2D eigenvalue weighted by molar-refractivity contribution is 7.90. The zero-order chi connectivity index (χ0) is 23.1. The lowest BCUT2D eigenvalue weighted by molar-refractivity contribution is 0.151. The number of hydrogen-bond acceptors (Lipinski definition) is 7. The fourth-order valence-corrected chi connectivity index (χ4v) is 5.54. The lowest BCUT2D eigenvalue weighted by Gasteiger charge is -2.37. The Hall–Kier alpha value is -3.09. The summed E-state index contributed by atoms with van der Waals surface area (Å²) in [7, 11) is -3.76. The van der Waals surface area contributed by atoms with Crippen LogP contribution in [0.3, 0.4) is 0 Å². The minimum absolute atomic E-state index is 0.217. The summed E-state index contributed by atoms with van der Waals surface area (Å²) >= 11 is 0. The van der Waals surface area contributed by atoms with E-state index in [0.717, 1.165) is 31.5 Å². The molecule has 1 fully saturated rings. The third kappa shape index (κ3) is 3.92. The summed E-state index contributed by atoms with van der Waals surface area (Å²) < 4.78 is 27.7. The van der Waals surface area contributed by atoms with Gasteiger partial charge in [0.15, 0.2) is 0 Å². The van der Waals surface area contributed by atoms with Crippen molar-refractivity contribution in [1.82, 2.24) is 14.0 Å². The van der Waals surface area contributed by atoms with E-state index in [0.29, 0.717) is 28.3 Å². The lowest BCUT2D eigenvalue weighted by atomic mass is 9.75. The van der Waals surface area contributed by atoms with E-state index < -0.39 is 10.0 Å². The summed E-state index contributed by atoms with van der Waals surface area (Å²) in [5.41, 5.74) is 11.2. The number of nitriles is 1. The first-order chi connectivity index (χ1) is 15.1. The molecule has 1 aliphatic heterocycles. The van der Waals surface area contributed by atoms with Gasteiger partial charge in [-0.25, -0.2) is 22.4 Å². The molecule has 0 bridgehead atoms. The molecule has 4 rings (SSSR count). The maximum atomic E-state index is 13.2. The van der Waals surface area contributed by atoms with Gasteiger partial charge >= 0.3 is 0 Å². The smallest absolute Gasteiger partial charge is 0.268 e. The van der Waals surface area contributed by atoms with Crippen LogP contribution in [0, 0.1) is 29.6 Å². The molecule has 1 aliphatic rings. The highest BCUT2D eigenvalue weighted by Gasteiger charge is 2.33. The van der Waals surface area contributed by atoms with Gasteiger partial charge in [-0.2, -0.15) is 5.26 Å². The molecule has 1 aromatic carbocycles. The van der Waals surface area contributed by atoms with Crippen molar-refractivity contribution in [1.29, 1.82) is 5.26 Å². The van der Waals surface area contributed by atoms with E-state index in [4.69, 9.17) is 5.73 Å². The molecule has 1 saturated heterocycles. The van der Waals surface area contributed by atoms with Gasteiger partial charge in [0.05, 0.1) is 28.1 Å². The third-order valence-corrected chi connectivity index (χ3v) is 8.10. The summed E-state index contributed by atoms with van der Waals surface area (Å²) in [6, 6.07) is 10.9. The van der Waals surface area contributed by atoms with Crippen LogP contribution in [0.15, 0.2) is 47.6 Å². The monoisotopic (exact) mass is 452 g/mol. The number of fused-ring (bicyclic) bond motifs is 1. The van der Waals surface area contributed by atoms with Gasteiger partial charge < -0.3 is 11.2 Å². The average Bonchev–Trinajstić information content (AvgIpc) is 3.22. The second-order valence-corrected chi connectivity index (χ2v) is 10.8. The highest BCUT2D eigenvalue weighted by atomic mass is 32.2. The predicted molar refractivity (Wildman–Crippen MR) is 125 cm³/mol. The molecular formula is C23H28N6O2S. The Bertz CT molecular complexity index is 1280. The molecule has 0 spiro atoms. The molecule has 32 heavy (non-hydrogen) atoms. The van der Waals surface area contributed by atoms with Gasteiger partial charge in [0.25, 0.3) is 10.0 Å². The Balaban J connectivity index is 1.62. The van der Waals surface area contributed by atoms with Crippen molar-refractivity contribution in [3.63, 3.8) is 0 Å². The number of hydrazine groups is 1. The van der Waals surface area contributed by atoms with Gasteiger partial charge in [0.1, 0.15) is 11.5 Å². The number of hydrogen-bond donors (Lipinski definition) is 2. The Labute approximate surface area is 188 Å². The van der Waals surface area contributed by atoms with Crippen molar-refractivity contribution >= 4 is 32.4 Å². The minimum atomic E-state index is -3.76. The Morgan fingerprint density at radius 1 is 1.19 bits per heavy atom. The number of nitrogens with zero attached hydrogens (tertiary/aromatic N) is 4. The maximum absolute atomic E-state index is 13.2. The summed E-state index contributed by atoms with van der Waals surface area (Å²) in [5.74, 6) is 0.639. The largest absolute Gasteiger partial charge is 0.382 e. The summed E-state index contributed by atoms with van der Waals surface area (Å²) in [4.78, 5) is 4.47. The lowest BCUT2D eigenvalue weighted by Crippen LogP contribution is -2.41. The van der Waals surface area contributed by atoms with Crippen LogP contribution >= 0.6 is 0 Å². The molecule has 9 heteroatoms. The van der Waals surface area contributed by atoms with Gasteiger partial charge in [0, 0.05) is 24.7 Å². The molecule has 3 N–H and O–H groups in total. The van der Waals surface area contributed by atoms with Crippen molar-refractivity contribution < 1.29 is 8.42 Å². The molecule has 0 aliphatic carbocycles. The van der Waals surface area contributed by atoms with Gasteiger partial charge in [-0.3, -0.25) is 0 Å².